The average molecular weight is 397 g/mol. The summed E-state index contributed by atoms with van der Waals surface area (Å²) in [7, 11) is 0. The van der Waals surface area contributed by atoms with Gasteiger partial charge in [0, 0.05) is 12.3 Å². The highest BCUT2D eigenvalue weighted by molar-refractivity contribution is 5.70. The van der Waals surface area contributed by atoms with Gasteiger partial charge < -0.3 is 19.7 Å². The van der Waals surface area contributed by atoms with Crippen molar-refractivity contribution in [2.75, 3.05) is 13.2 Å². The Kier molecular flexibility index (Phi) is 8.97. The van der Waals surface area contributed by atoms with Gasteiger partial charge in [-0.3, -0.25) is 4.79 Å². The minimum atomic E-state index is -0.853. The summed E-state index contributed by atoms with van der Waals surface area (Å²) in [6.45, 7) is 7.19. The monoisotopic (exact) mass is 396 g/mol. The molecule has 2 N–H and O–H groups in total. The van der Waals surface area contributed by atoms with Crippen molar-refractivity contribution in [1.29, 1.82) is 0 Å². The zero-order valence-corrected chi connectivity index (χ0v) is 18.0. The molecular weight excluding hydrogens is 356 g/mol. The summed E-state index contributed by atoms with van der Waals surface area (Å²) in [5, 5.41) is 20.7. The number of carbonyl (C=O) groups is 1. The Hall–Kier alpha value is -0.910. The zero-order valence-electron chi connectivity index (χ0n) is 18.0. The van der Waals surface area contributed by atoms with Gasteiger partial charge >= 0.3 is 5.97 Å². The molecular formula is C23H40O5. The molecule has 2 aliphatic rings. The lowest BCUT2D eigenvalue weighted by molar-refractivity contribution is -0.202. The van der Waals surface area contributed by atoms with E-state index in [9.17, 15) is 15.0 Å². The van der Waals surface area contributed by atoms with Gasteiger partial charge in [-0.1, -0.05) is 64.5 Å². The Bertz CT molecular complexity index is 507. The van der Waals surface area contributed by atoms with Crippen LogP contribution in [0.5, 0.6) is 0 Å². The molecule has 5 nitrogen and oxygen atoms in total. The average Bonchev–Trinajstić information content (AvgIpc) is 3.25. The molecule has 1 aliphatic heterocycles. The third kappa shape index (κ3) is 6.04. The van der Waals surface area contributed by atoms with Crippen LogP contribution < -0.4 is 0 Å². The summed E-state index contributed by atoms with van der Waals surface area (Å²) in [5.41, 5.74) is -0.853. The number of aliphatic hydroxyl groups is 1. The lowest BCUT2D eigenvalue weighted by Gasteiger charge is -2.35. The van der Waals surface area contributed by atoms with E-state index in [1.807, 2.05) is 19.1 Å². The molecule has 0 aromatic rings. The van der Waals surface area contributed by atoms with Gasteiger partial charge in [0.15, 0.2) is 5.79 Å². The van der Waals surface area contributed by atoms with Crippen LogP contribution in [-0.2, 0) is 14.3 Å². The van der Waals surface area contributed by atoms with Gasteiger partial charge in [-0.05, 0) is 32.1 Å². The first-order valence-electron chi connectivity index (χ1n) is 11.3. The van der Waals surface area contributed by atoms with Crippen LogP contribution in [0.15, 0.2) is 12.2 Å². The third-order valence-corrected chi connectivity index (χ3v) is 6.43. The molecule has 1 saturated carbocycles. The maximum absolute atomic E-state index is 12.2. The number of hydrogen-bond acceptors (Lipinski definition) is 4. The second-order valence-electron chi connectivity index (χ2n) is 8.85. The predicted octanol–water partition coefficient (Wildman–Crippen LogP) is 4.92. The molecule has 1 saturated heterocycles. The zero-order chi connectivity index (χ0) is 20.6. The molecule has 5 heteroatoms. The van der Waals surface area contributed by atoms with Crippen LogP contribution in [0.4, 0.5) is 0 Å². The molecule has 2 fully saturated rings. The molecule has 0 aromatic carbocycles. The fourth-order valence-electron chi connectivity index (χ4n) is 4.89. The lowest BCUT2D eigenvalue weighted by atomic mass is 9.77. The summed E-state index contributed by atoms with van der Waals surface area (Å²) in [5.74, 6) is -2.15. The highest BCUT2D eigenvalue weighted by Crippen LogP contribution is 2.51. The number of hydrogen-bond donors (Lipinski definition) is 2. The number of carboxylic acid groups (broad SMARTS) is 1. The lowest BCUT2D eigenvalue weighted by Crippen LogP contribution is -2.43. The van der Waals surface area contributed by atoms with Gasteiger partial charge in [-0.15, -0.1) is 0 Å². The first-order chi connectivity index (χ1) is 13.4. The van der Waals surface area contributed by atoms with Crippen molar-refractivity contribution in [3.63, 3.8) is 0 Å². The Morgan fingerprint density at radius 3 is 2.43 bits per heavy atom. The van der Waals surface area contributed by atoms with Crippen molar-refractivity contribution in [2.24, 2.45) is 17.8 Å². The van der Waals surface area contributed by atoms with Gasteiger partial charge in [0.2, 0.25) is 0 Å². The van der Waals surface area contributed by atoms with Crippen LogP contribution >= 0.6 is 0 Å². The van der Waals surface area contributed by atoms with E-state index in [1.54, 1.807) is 0 Å². The number of carboxylic acids is 1. The molecule has 0 bridgehead atoms. The van der Waals surface area contributed by atoms with Gasteiger partial charge in [0.1, 0.15) is 0 Å². The predicted molar refractivity (Wildman–Crippen MR) is 110 cm³/mol. The van der Waals surface area contributed by atoms with E-state index in [4.69, 9.17) is 9.47 Å². The summed E-state index contributed by atoms with van der Waals surface area (Å²) < 4.78 is 12.0. The van der Waals surface area contributed by atoms with Crippen LogP contribution in [0, 0.1) is 17.8 Å². The molecule has 0 amide bonds. The van der Waals surface area contributed by atoms with Crippen molar-refractivity contribution in [2.45, 2.75) is 96.4 Å². The van der Waals surface area contributed by atoms with Crippen molar-refractivity contribution >= 4 is 5.97 Å². The smallest absolute Gasteiger partial charge is 0.307 e. The highest BCUT2D eigenvalue weighted by Gasteiger charge is 2.56. The SMILES string of the molecule is CCCCCC(C(=O)O)C1C(/C=C/C(C)(O)CCCCC)CCC12OCCO2. The molecule has 0 aromatic heterocycles. The summed E-state index contributed by atoms with van der Waals surface area (Å²) in [6.07, 6.45) is 13.1. The highest BCUT2D eigenvalue weighted by atomic mass is 16.7. The first-order valence-corrected chi connectivity index (χ1v) is 11.3. The molecule has 4 atom stereocenters. The molecule has 4 unspecified atom stereocenters. The number of aliphatic carboxylic acids is 1. The van der Waals surface area contributed by atoms with Gasteiger partial charge in [-0.2, -0.15) is 0 Å². The Morgan fingerprint density at radius 1 is 1.18 bits per heavy atom. The van der Waals surface area contributed by atoms with Gasteiger partial charge in [-0.25, -0.2) is 0 Å². The molecule has 1 aliphatic carbocycles. The largest absolute Gasteiger partial charge is 0.481 e. The minimum absolute atomic E-state index is 0.0541. The van der Waals surface area contributed by atoms with E-state index in [0.29, 0.717) is 19.6 Å². The fraction of sp³-hybridized carbons (Fsp3) is 0.870. The second kappa shape index (κ2) is 10.7. The fourth-order valence-corrected chi connectivity index (χ4v) is 4.89. The van der Waals surface area contributed by atoms with Gasteiger partial charge in [0.05, 0.1) is 24.7 Å². The maximum Gasteiger partial charge on any atom is 0.307 e. The molecule has 28 heavy (non-hydrogen) atoms. The normalized spacial score (nSPS) is 27.4. The molecule has 2 rings (SSSR count). The van der Waals surface area contributed by atoms with E-state index < -0.39 is 23.3 Å². The van der Waals surface area contributed by atoms with E-state index in [1.165, 1.54) is 0 Å². The quantitative estimate of drug-likeness (QED) is 0.361. The first kappa shape index (κ1) is 23.4. The summed E-state index contributed by atoms with van der Waals surface area (Å²) in [4.78, 5) is 12.2. The number of allylic oxidation sites excluding steroid dienone is 1. The van der Waals surface area contributed by atoms with E-state index in [-0.39, 0.29) is 11.8 Å². The standard InChI is InChI=1S/C23H40O5/c1-4-6-8-10-19(21(24)25)20-18(12-15-23(20)27-16-17-28-23)11-14-22(3,26)13-9-7-5-2/h11,14,18-20,26H,4-10,12-13,15-17H2,1-3H3,(H,24,25)/b14-11+. The molecule has 1 spiro atoms. The Balaban J connectivity index is 2.17. The number of rotatable bonds is 12. The third-order valence-electron chi connectivity index (χ3n) is 6.43. The van der Waals surface area contributed by atoms with E-state index >= 15 is 0 Å². The Morgan fingerprint density at radius 2 is 1.82 bits per heavy atom. The van der Waals surface area contributed by atoms with E-state index in [2.05, 4.69) is 13.8 Å². The van der Waals surface area contributed by atoms with Crippen molar-refractivity contribution in [3.05, 3.63) is 12.2 Å². The molecule has 162 valence electrons. The van der Waals surface area contributed by atoms with Gasteiger partial charge in [0.25, 0.3) is 0 Å². The number of unbranched alkanes of at least 4 members (excludes halogenated alkanes) is 4. The van der Waals surface area contributed by atoms with Crippen LogP contribution in [0.2, 0.25) is 0 Å². The van der Waals surface area contributed by atoms with E-state index in [0.717, 1.165) is 57.8 Å². The van der Waals surface area contributed by atoms with Crippen molar-refractivity contribution in [3.8, 4) is 0 Å². The van der Waals surface area contributed by atoms with Crippen molar-refractivity contribution in [1.82, 2.24) is 0 Å². The Labute approximate surface area is 170 Å². The summed E-state index contributed by atoms with van der Waals surface area (Å²) >= 11 is 0. The van der Waals surface area contributed by atoms with Crippen LogP contribution in [0.1, 0.15) is 85.0 Å². The van der Waals surface area contributed by atoms with Crippen LogP contribution in [0.3, 0.4) is 0 Å². The van der Waals surface area contributed by atoms with Crippen molar-refractivity contribution < 1.29 is 24.5 Å². The number of ether oxygens (including phenoxy) is 2. The molecule has 0 radical (unpaired) electrons. The van der Waals surface area contributed by atoms with Crippen LogP contribution in [0.25, 0.3) is 0 Å². The second-order valence-corrected chi connectivity index (χ2v) is 8.85. The maximum atomic E-state index is 12.2. The van der Waals surface area contributed by atoms with Crippen LogP contribution in [-0.4, -0.2) is 40.8 Å². The minimum Gasteiger partial charge on any atom is -0.481 e. The topological polar surface area (TPSA) is 76.0 Å². The summed E-state index contributed by atoms with van der Waals surface area (Å²) in [6, 6.07) is 0. The molecule has 1 heterocycles.